The molecule has 2 atom stereocenters. The number of carbonyl (C=O) groups is 1. The van der Waals surface area contributed by atoms with Crippen molar-refractivity contribution in [1.82, 2.24) is 15.3 Å². The molecule has 1 aromatic heterocycles. The van der Waals surface area contributed by atoms with Crippen LogP contribution in [0, 0.1) is 0 Å². The monoisotopic (exact) mass is 315 g/mol. The van der Waals surface area contributed by atoms with E-state index in [1.54, 1.807) is 18.5 Å². The lowest BCUT2D eigenvalue weighted by atomic mass is 10.0. The Hall–Kier alpha value is -1.88. The number of hydrogen-bond acceptors (Lipinski definition) is 4. The van der Waals surface area contributed by atoms with E-state index in [0.717, 1.165) is 18.4 Å². The van der Waals surface area contributed by atoms with Gasteiger partial charge < -0.3 is 5.32 Å². The van der Waals surface area contributed by atoms with Crippen LogP contribution < -0.4 is 5.32 Å². The molecule has 1 heterocycles. The van der Waals surface area contributed by atoms with E-state index in [1.165, 1.54) is 11.8 Å². The van der Waals surface area contributed by atoms with E-state index in [0.29, 0.717) is 5.16 Å². The second kappa shape index (κ2) is 8.54. The van der Waals surface area contributed by atoms with E-state index in [-0.39, 0.29) is 17.2 Å². The van der Waals surface area contributed by atoms with E-state index in [2.05, 4.69) is 34.3 Å². The molecule has 0 aliphatic carbocycles. The number of hydrogen-bond donors (Lipinski definition) is 1. The Balaban J connectivity index is 1.98. The third-order valence-corrected chi connectivity index (χ3v) is 4.28. The minimum atomic E-state index is -0.231. The van der Waals surface area contributed by atoms with Crippen molar-refractivity contribution in [2.24, 2.45) is 0 Å². The summed E-state index contributed by atoms with van der Waals surface area (Å²) in [6.45, 7) is 4.00. The number of thioether (sulfide) groups is 1. The lowest BCUT2D eigenvalue weighted by Crippen LogP contribution is -2.34. The van der Waals surface area contributed by atoms with Crippen molar-refractivity contribution in [2.45, 2.75) is 43.1 Å². The van der Waals surface area contributed by atoms with E-state index >= 15 is 0 Å². The molecule has 0 unspecified atom stereocenters. The summed E-state index contributed by atoms with van der Waals surface area (Å²) in [4.78, 5) is 20.7. The van der Waals surface area contributed by atoms with Gasteiger partial charge in [-0.05, 0) is 25.0 Å². The van der Waals surface area contributed by atoms with Crippen LogP contribution >= 0.6 is 11.8 Å². The van der Waals surface area contributed by atoms with Crippen LogP contribution in [0.5, 0.6) is 0 Å². The summed E-state index contributed by atoms with van der Waals surface area (Å²) >= 11 is 1.37. The van der Waals surface area contributed by atoms with Crippen LogP contribution in [0.3, 0.4) is 0 Å². The lowest BCUT2D eigenvalue weighted by molar-refractivity contribution is -0.121. The van der Waals surface area contributed by atoms with Crippen LogP contribution in [-0.4, -0.2) is 21.1 Å². The fourth-order valence-corrected chi connectivity index (χ4v) is 2.88. The molecule has 2 aromatic rings. The maximum absolute atomic E-state index is 12.4. The smallest absolute Gasteiger partial charge is 0.233 e. The molecule has 0 aliphatic rings. The zero-order valence-electron chi connectivity index (χ0n) is 12.9. The largest absolute Gasteiger partial charge is 0.348 e. The maximum atomic E-state index is 12.4. The summed E-state index contributed by atoms with van der Waals surface area (Å²) in [6, 6.07) is 11.9. The Kier molecular flexibility index (Phi) is 6.40. The molecule has 2 rings (SSSR count). The number of carbonyl (C=O) groups excluding carboxylic acids is 1. The number of amides is 1. The molecular weight excluding hydrogens is 294 g/mol. The Morgan fingerprint density at radius 1 is 1.18 bits per heavy atom. The summed E-state index contributed by atoms with van der Waals surface area (Å²) in [5, 5.41) is 3.53. The highest BCUT2D eigenvalue weighted by Gasteiger charge is 2.20. The highest BCUT2D eigenvalue weighted by Crippen LogP contribution is 2.22. The Bertz CT molecular complexity index is 577. The molecule has 1 amide bonds. The second-order valence-corrected chi connectivity index (χ2v) is 6.36. The van der Waals surface area contributed by atoms with Crippen LogP contribution in [0.25, 0.3) is 0 Å². The van der Waals surface area contributed by atoms with Crippen molar-refractivity contribution in [3.63, 3.8) is 0 Å². The van der Waals surface area contributed by atoms with Crippen LogP contribution in [-0.2, 0) is 4.79 Å². The van der Waals surface area contributed by atoms with Gasteiger partial charge in [-0.25, -0.2) is 9.97 Å². The van der Waals surface area contributed by atoms with E-state index in [4.69, 9.17) is 0 Å². The molecule has 0 spiro atoms. The fourth-order valence-electron chi connectivity index (χ4n) is 2.14. The quantitative estimate of drug-likeness (QED) is 0.626. The molecule has 1 N–H and O–H groups in total. The molecular formula is C17H21N3OS. The Morgan fingerprint density at radius 2 is 1.86 bits per heavy atom. The van der Waals surface area contributed by atoms with Crippen LogP contribution in [0.15, 0.2) is 53.9 Å². The number of rotatable bonds is 7. The highest BCUT2D eigenvalue weighted by molar-refractivity contribution is 8.00. The molecule has 116 valence electrons. The number of nitrogens with one attached hydrogen (secondary N) is 1. The summed E-state index contributed by atoms with van der Waals surface area (Å²) in [5.74, 6) is 0.0137. The highest BCUT2D eigenvalue weighted by atomic mass is 32.2. The van der Waals surface area contributed by atoms with Gasteiger partial charge in [0.2, 0.25) is 5.91 Å². The van der Waals surface area contributed by atoms with Gasteiger partial charge in [0.05, 0.1) is 11.3 Å². The molecule has 5 heteroatoms. The summed E-state index contributed by atoms with van der Waals surface area (Å²) in [7, 11) is 0. The van der Waals surface area contributed by atoms with Crippen LogP contribution in [0.1, 0.15) is 38.3 Å². The average molecular weight is 315 g/mol. The average Bonchev–Trinajstić information content (AvgIpc) is 2.56. The molecule has 0 bridgehead atoms. The van der Waals surface area contributed by atoms with Crippen molar-refractivity contribution in [3.8, 4) is 0 Å². The first-order valence-electron chi connectivity index (χ1n) is 7.49. The van der Waals surface area contributed by atoms with Crippen LogP contribution in [0.2, 0.25) is 0 Å². The van der Waals surface area contributed by atoms with Gasteiger partial charge in [-0.1, -0.05) is 55.4 Å². The first-order valence-corrected chi connectivity index (χ1v) is 8.37. The minimum absolute atomic E-state index is 0.0137. The van der Waals surface area contributed by atoms with Gasteiger partial charge >= 0.3 is 0 Å². The first-order chi connectivity index (χ1) is 10.7. The molecule has 0 saturated carbocycles. The second-order valence-electron chi connectivity index (χ2n) is 5.05. The summed E-state index contributed by atoms with van der Waals surface area (Å²) in [5.41, 5.74) is 1.14. The predicted octanol–water partition coefficient (Wildman–Crippen LogP) is 3.61. The molecule has 0 saturated heterocycles. The molecule has 0 radical (unpaired) electrons. The Labute approximate surface area is 135 Å². The zero-order valence-corrected chi connectivity index (χ0v) is 13.7. The van der Waals surface area contributed by atoms with Crippen molar-refractivity contribution >= 4 is 17.7 Å². The number of nitrogens with zero attached hydrogens (tertiary/aromatic N) is 2. The minimum Gasteiger partial charge on any atom is -0.348 e. The number of aromatic nitrogens is 2. The maximum Gasteiger partial charge on any atom is 0.233 e. The van der Waals surface area contributed by atoms with Crippen molar-refractivity contribution in [1.29, 1.82) is 0 Å². The van der Waals surface area contributed by atoms with Crippen molar-refractivity contribution in [2.75, 3.05) is 0 Å². The lowest BCUT2D eigenvalue weighted by Gasteiger charge is -2.20. The van der Waals surface area contributed by atoms with Crippen molar-refractivity contribution in [3.05, 3.63) is 54.4 Å². The van der Waals surface area contributed by atoms with E-state index in [9.17, 15) is 4.79 Å². The zero-order chi connectivity index (χ0) is 15.8. The molecule has 22 heavy (non-hydrogen) atoms. The van der Waals surface area contributed by atoms with Gasteiger partial charge in [-0.3, -0.25) is 4.79 Å². The van der Waals surface area contributed by atoms with Gasteiger partial charge in [0, 0.05) is 12.4 Å². The molecule has 0 aliphatic heterocycles. The number of benzene rings is 1. The summed E-state index contributed by atoms with van der Waals surface area (Å²) < 4.78 is 0. The standard InChI is InChI=1S/C17H21N3OS/c1-3-8-15(14-9-5-4-6-10-14)20-16(21)13(2)22-17-18-11-7-12-19-17/h4-7,9-13,15H,3,8H2,1-2H3,(H,20,21)/t13-,15+/m1/s1. The van der Waals surface area contributed by atoms with Gasteiger partial charge in [-0.15, -0.1) is 0 Å². The third-order valence-electron chi connectivity index (χ3n) is 3.29. The molecule has 4 nitrogen and oxygen atoms in total. The van der Waals surface area contributed by atoms with Gasteiger partial charge in [-0.2, -0.15) is 0 Å². The summed E-state index contributed by atoms with van der Waals surface area (Å²) in [6.07, 6.45) is 5.31. The van der Waals surface area contributed by atoms with E-state index < -0.39 is 0 Å². The first kappa shape index (κ1) is 16.5. The third kappa shape index (κ3) is 4.84. The SMILES string of the molecule is CCC[C@H](NC(=O)[C@@H](C)Sc1ncccn1)c1ccccc1. The van der Waals surface area contributed by atoms with Crippen LogP contribution in [0.4, 0.5) is 0 Å². The Morgan fingerprint density at radius 3 is 2.50 bits per heavy atom. The molecule has 0 fully saturated rings. The normalized spacial score (nSPS) is 13.4. The van der Waals surface area contributed by atoms with Gasteiger partial charge in [0.15, 0.2) is 5.16 Å². The predicted molar refractivity (Wildman–Crippen MR) is 89.6 cm³/mol. The van der Waals surface area contributed by atoms with Gasteiger partial charge in [0.25, 0.3) is 0 Å². The fraction of sp³-hybridized carbons (Fsp3) is 0.353. The van der Waals surface area contributed by atoms with Crippen molar-refractivity contribution < 1.29 is 4.79 Å². The van der Waals surface area contributed by atoms with E-state index in [1.807, 2.05) is 25.1 Å². The van der Waals surface area contributed by atoms with Gasteiger partial charge in [0.1, 0.15) is 0 Å². The topological polar surface area (TPSA) is 54.9 Å². The molecule has 1 aromatic carbocycles.